The fourth-order valence-corrected chi connectivity index (χ4v) is 2.01. The van der Waals surface area contributed by atoms with Gasteiger partial charge in [0, 0.05) is 23.0 Å². The quantitative estimate of drug-likeness (QED) is 0.772. The molecule has 1 N–H and O–H groups in total. The molecule has 0 bridgehead atoms. The van der Waals surface area contributed by atoms with Crippen LogP contribution in [-0.2, 0) is 0 Å². The Labute approximate surface area is 116 Å². The Kier molecular flexibility index (Phi) is 3.13. The van der Waals surface area contributed by atoms with Crippen LogP contribution in [0.4, 0.5) is 5.69 Å². The van der Waals surface area contributed by atoms with Gasteiger partial charge in [0.1, 0.15) is 5.69 Å². The van der Waals surface area contributed by atoms with Crippen molar-refractivity contribution in [3.8, 4) is 0 Å². The Balaban J connectivity index is 1.88. The number of rotatable bonds is 2. The molecule has 98 valence electrons. The predicted molar refractivity (Wildman–Crippen MR) is 78.7 cm³/mol. The third-order valence-corrected chi connectivity index (χ3v) is 2.99. The number of nitrogens with zero attached hydrogens (tertiary/aromatic N) is 2. The van der Waals surface area contributed by atoms with Crippen LogP contribution in [0.2, 0.25) is 0 Å². The van der Waals surface area contributed by atoms with E-state index in [-0.39, 0.29) is 5.91 Å². The van der Waals surface area contributed by atoms with Gasteiger partial charge in [-0.05, 0) is 31.2 Å². The number of para-hydroxylation sites is 1. The van der Waals surface area contributed by atoms with Crippen LogP contribution in [0.25, 0.3) is 10.9 Å². The number of nitrogens with one attached hydrogen (secondary N) is 1. The minimum atomic E-state index is -0.221. The van der Waals surface area contributed by atoms with E-state index in [1.165, 1.54) is 0 Å². The van der Waals surface area contributed by atoms with Crippen molar-refractivity contribution >= 4 is 22.5 Å². The highest BCUT2D eigenvalue weighted by molar-refractivity contribution is 6.04. The number of hydrogen-bond acceptors (Lipinski definition) is 3. The first-order valence-corrected chi connectivity index (χ1v) is 6.32. The van der Waals surface area contributed by atoms with Gasteiger partial charge >= 0.3 is 0 Å². The maximum Gasteiger partial charge on any atom is 0.274 e. The van der Waals surface area contributed by atoms with Crippen molar-refractivity contribution in [3.05, 3.63) is 66.1 Å². The molecule has 0 atom stereocenters. The number of fused-ring (bicyclic) bond motifs is 1. The summed E-state index contributed by atoms with van der Waals surface area (Å²) in [5, 5.41) is 3.84. The molecule has 3 aromatic rings. The Morgan fingerprint density at radius 3 is 2.80 bits per heavy atom. The summed E-state index contributed by atoms with van der Waals surface area (Å²) in [5.74, 6) is -0.221. The van der Waals surface area contributed by atoms with Gasteiger partial charge in [0.15, 0.2) is 0 Å². The lowest BCUT2D eigenvalue weighted by Gasteiger charge is -2.06. The van der Waals surface area contributed by atoms with Crippen LogP contribution in [0.1, 0.15) is 16.2 Å². The molecule has 0 aliphatic carbocycles. The molecule has 20 heavy (non-hydrogen) atoms. The van der Waals surface area contributed by atoms with Crippen molar-refractivity contribution in [3.63, 3.8) is 0 Å². The summed E-state index contributed by atoms with van der Waals surface area (Å²) in [5.41, 5.74) is 2.79. The molecule has 4 heteroatoms. The van der Waals surface area contributed by atoms with Crippen molar-refractivity contribution < 1.29 is 4.79 Å². The Morgan fingerprint density at radius 1 is 1.10 bits per heavy atom. The Bertz CT molecular complexity index is 783. The lowest BCUT2D eigenvalue weighted by molar-refractivity contribution is 0.102. The lowest BCUT2D eigenvalue weighted by atomic mass is 10.2. The van der Waals surface area contributed by atoms with E-state index in [4.69, 9.17) is 0 Å². The fraction of sp³-hybridized carbons (Fsp3) is 0.0625. The highest BCUT2D eigenvalue weighted by atomic mass is 16.1. The second kappa shape index (κ2) is 5.09. The van der Waals surface area contributed by atoms with Gasteiger partial charge in [0.25, 0.3) is 5.91 Å². The minimum Gasteiger partial charge on any atom is -0.321 e. The molecular formula is C16H13N3O. The number of hydrogen-bond donors (Lipinski definition) is 1. The average Bonchev–Trinajstić information content (AvgIpc) is 2.47. The molecule has 4 nitrogen and oxygen atoms in total. The highest BCUT2D eigenvalue weighted by Crippen LogP contribution is 2.13. The number of carbonyl (C=O) groups excluding carboxylic acids is 1. The van der Waals surface area contributed by atoms with Gasteiger partial charge in [0.2, 0.25) is 0 Å². The number of aryl methyl sites for hydroxylation is 1. The van der Waals surface area contributed by atoms with Crippen LogP contribution in [0.5, 0.6) is 0 Å². The fourth-order valence-electron chi connectivity index (χ4n) is 2.01. The third kappa shape index (κ3) is 2.49. The van der Waals surface area contributed by atoms with Crippen molar-refractivity contribution in [2.75, 3.05) is 5.32 Å². The van der Waals surface area contributed by atoms with Crippen LogP contribution >= 0.6 is 0 Å². The average molecular weight is 263 g/mol. The number of carbonyl (C=O) groups is 1. The van der Waals surface area contributed by atoms with E-state index in [9.17, 15) is 4.79 Å². The molecule has 2 aromatic heterocycles. The monoisotopic (exact) mass is 263 g/mol. The van der Waals surface area contributed by atoms with Gasteiger partial charge in [-0.15, -0.1) is 0 Å². The lowest BCUT2D eigenvalue weighted by Crippen LogP contribution is -2.13. The van der Waals surface area contributed by atoms with Gasteiger partial charge < -0.3 is 5.32 Å². The topological polar surface area (TPSA) is 54.9 Å². The highest BCUT2D eigenvalue weighted by Gasteiger charge is 2.08. The molecule has 1 amide bonds. The van der Waals surface area contributed by atoms with E-state index in [1.807, 2.05) is 43.3 Å². The van der Waals surface area contributed by atoms with Crippen molar-refractivity contribution in [2.24, 2.45) is 0 Å². The smallest absolute Gasteiger partial charge is 0.274 e. The molecule has 0 saturated carbocycles. The SMILES string of the molecule is Cc1cc(NC(=O)c2ccc3ccccc3n2)ccn1. The number of amides is 1. The molecule has 1 aromatic carbocycles. The van der Waals surface area contributed by atoms with Crippen molar-refractivity contribution in [2.45, 2.75) is 6.92 Å². The zero-order valence-corrected chi connectivity index (χ0v) is 11.0. The van der Waals surface area contributed by atoms with E-state index in [1.54, 1.807) is 18.3 Å². The molecule has 0 spiro atoms. The van der Waals surface area contributed by atoms with E-state index in [0.29, 0.717) is 5.69 Å². The second-order valence-electron chi connectivity index (χ2n) is 4.53. The largest absolute Gasteiger partial charge is 0.321 e. The first-order valence-electron chi connectivity index (χ1n) is 6.32. The van der Waals surface area contributed by atoms with Gasteiger partial charge in [-0.2, -0.15) is 0 Å². The number of benzene rings is 1. The summed E-state index contributed by atoms with van der Waals surface area (Å²) in [4.78, 5) is 20.6. The van der Waals surface area contributed by atoms with Crippen LogP contribution in [0.3, 0.4) is 0 Å². The van der Waals surface area contributed by atoms with Crippen LogP contribution in [0.15, 0.2) is 54.7 Å². The first kappa shape index (κ1) is 12.3. The van der Waals surface area contributed by atoms with E-state index < -0.39 is 0 Å². The summed E-state index contributed by atoms with van der Waals surface area (Å²) in [6, 6.07) is 14.9. The van der Waals surface area contributed by atoms with Crippen molar-refractivity contribution in [1.29, 1.82) is 0 Å². The van der Waals surface area contributed by atoms with Crippen LogP contribution < -0.4 is 5.32 Å². The molecule has 0 radical (unpaired) electrons. The summed E-state index contributed by atoms with van der Waals surface area (Å²) in [6.07, 6.45) is 1.67. The molecule has 0 fully saturated rings. The molecule has 0 saturated heterocycles. The summed E-state index contributed by atoms with van der Waals surface area (Å²) in [7, 11) is 0. The van der Waals surface area contributed by atoms with Gasteiger partial charge in [-0.3, -0.25) is 9.78 Å². The number of aromatic nitrogens is 2. The van der Waals surface area contributed by atoms with Crippen molar-refractivity contribution in [1.82, 2.24) is 9.97 Å². The van der Waals surface area contributed by atoms with E-state index in [0.717, 1.165) is 22.3 Å². The molecule has 0 aliphatic rings. The Morgan fingerprint density at radius 2 is 1.95 bits per heavy atom. The third-order valence-electron chi connectivity index (χ3n) is 2.99. The zero-order valence-electron chi connectivity index (χ0n) is 11.0. The molecule has 3 rings (SSSR count). The molecule has 0 unspecified atom stereocenters. The number of anilines is 1. The van der Waals surface area contributed by atoms with Crippen LogP contribution in [-0.4, -0.2) is 15.9 Å². The van der Waals surface area contributed by atoms with Crippen LogP contribution in [0, 0.1) is 6.92 Å². The second-order valence-corrected chi connectivity index (χ2v) is 4.53. The minimum absolute atomic E-state index is 0.221. The predicted octanol–water partition coefficient (Wildman–Crippen LogP) is 3.19. The first-order chi connectivity index (χ1) is 9.72. The molecular weight excluding hydrogens is 250 g/mol. The molecule has 0 aliphatic heterocycles. The molecule has 2 heterocycles. The zero-order chi connectivity index (χ0) is 13.9. The maximum absolute atomic E-state index is 12.2. The summed E-state index contributed by atoms with van der Waals surface area (Å²) < 4.78 is 0. The van der Waals surface area contributed by atoms with Gasteiger partial charge in [0.05, 0.1) is 5.52 Å². The van der Waals surface area contributed by atoms with Gasteiger partial charge in [-0.25, -0.2) is 4.98 Å². The van der Waals surface area contributed by atoms with E-state index in [2.05, 4.69) is 15.3 Å². The number of pyridine rings is 2. The van der Waals surface area contributed by atoms with E-state index >= 15 is 0 Å². The standard InChI is InChI=1S/C16H13N3O/c1-11-10-13(8-9-17-11)18-16(20)15-7-6-12-4-2-3-5-14(12)19-15/h2-10H,1H3,(H,17,18,20). The Hall–Kier alpha value is -2.75. The van der Waals surface area contributed by atoms with Gasteiger partial charge in [-0.1, -0.05) is 24.3 Å². The summed E-state index contributed by atoms with van der Waals surface area (Å²) >= 11 is 0. The maximum atomic E-state index is 12.2. The normalized spacial score (nSPS) is 10.4. The summed E-state index contributed by atoms with van der Waals surface area (Å²) in [6.45, 7) is 1.88.